The van der Waals surface area contributed by atoms with Crippen LogP contribution in [0.4, 0.5) is 0 Å². The minimum absolute atomic E-state index is 0.292. The van der Waals surface area contributed by atoms with Crippen LogP contribution in [0.15, 0.2) is 23.1 Å². The number of para-hydroxylation sites is 1. The van der Waals surface area contributed by atoms with Crippen LogP contribution in [0.3, 0.4) is 0 Å². The second-order valence-electron chi connectivity index (χ2n) is 5.51. The summed E-state index contributed by atoms with van der Waals surface area (Å²) < 4.78 is 25.6. The van der Waals surface area contributed by atoms with Gasteiger partial charge in [0.25, 0.3) is 0 Å². The monoisotopic (exact) mass is 295 g/mol. The average molecular weight is 295 g/mol. The summed E-state index contributed by atoms with van der Waals surface area (Å²) in [5.74, 6) is 1.41. The van der Waals surface area contributed by atoms with Crippen molar-refractivity contribution in [2.75, 3.05) is 12.8 Å². The third kappa shape index (κ3) is 3.02. The van der Waals surface area contributed by atoms with Gasteiger partial charge in [-0.3, -0.25) is 0 Å². The maximum absolute atomic E-state index is 11.8. The van der Waals surface area contributed by atoms with E-state index in [1.807, 2.05) is 17.7 Å². The molecule has 0 amide bonds. The summed E-state index contributed by atoms with van der Waals surface area (Å²) in [5.41, 5.74) is 1.40. The van der Waals surface area contributed by atoms with E-state index in [4.69, 9.17) is 0 Å². The Hall–Kier alpha value is -1.40. The maximum Gasteiger partial charge on any atom is 0.177 e. The molecule has 0 aliphatic carbocycles. The number of nitrogens with zero attached hydrogens (tertiary/aromatic N) is 2. The Balaban J connectivity index is 2.42. The van der Waals surface area contributed by atoms with Crippen molar-refractivity contribution in [1.29, 1.82) is 0 Å². The van der Waals surface area contributed by atoms with E-state index in [0.29, 0.717) is 22.9 Å². The Morgan fingerprint density at radius 1 is 1.35 bits per heavy atom. The van der Waals surface area contributed by atoms with Crippen molar-refractivity contribution in [3.63, 3.8) is 0 Å². The highest BCUT2D eigenvalue weighted by molar-refractivity contribution is 7.91. The summed E-state index contributed by atoms with van der Waals surface area (Å²) >= 11 is 0. The third-order valence-electron chi connectivity index (χ3n) is 3.20. The molecule has 0 spiro atoms. The van der Waals surface area contributed by atoms with Gasteiger partial charge in [0.15, 0.2) is 9.84 Å². The number of benzene rings is 1. The largest absolute Gasteiger partial charge is 0.330 e. The smallest absolute Gasteiger partial charge is 0.177 e. The van der Waals surface area contributed by atoms with Crippen molar-refractivity contribution in [1.82, 2.24) is 14.9 Å². The fourth-order valence-corrected chi connectivity index (χ4v) is 2.99. The number of sulfone groups is 1. The molecule has 2 rings (SSSR count). The van der Waals surface area contributed by atoms with Crippen LogP contribution >= 0.6 is 0 Å². The number of aromatic nitrogens is 2. The van der Waals surface area contributed by atoms with Gasteiger partial charge in [-0.25, -0.2) is 13.4 Å². The third-order valence-corrected chi connectivity index (χ3v) is 4.33. The van der Waals surface area contributed by atoms with E-state index < -0.39 is 9.84 Å². The van der Waals surface area contributed by atoms with Crippen molar-refractivity contribution in [3.8, 4) is 0 Å². The molecule has 0 fully saturated rings. The van der Waals surface area contributed by atoms with E-state index in [2.05, 4.69) is 24.1 Å². The highest BCUT2D eigenvalue weighted by Crippen LogP contribution is 2.22. The SMILES string of the molecule is CC(C)CNCc1nc2c(S(C)(=O)=O)cccc2n1C. The molecule has 1 N–H and O–H groups in total. The topological polar surface area (TPSA) is 64.0 Å². The number of hydrogen-bond acceptors (Lipinski definition) is 4. The van der Waals surface area contributed by atoms with Crippen molar-refractivity contribution in [2.24, 2.45) is 13.0 Å². The van der Waals surface area contributed by atoms with Gasteiger partial charge in [-0.2, -0.15) is 0 Å². The highest BCUT2D eigenvalue weighted by atomic mass is 32.2. The zero-order valence-corrected chi connectivity index (χ0v) is 13.2. The van der Waals surface area contributed by atoms with Crippen LogP contribution in [0.5, 0.6) is 0 Å². The van der Waals surface area contributed by atoms with Crippen molar-refractivity contribution < 1.29 is 8.42 Å². The lowest BCUT2D eigenvalue weighted by molar-refractivity contribution is 0.538. The van der Waals surface area contributed by atoms with E-state index in [1.54, 1.807) is 12.1 Å². The van der Waals surface area contributed by atoms with Crippen LogP contribution in [-0.4, -0.2) is 30.8 Å². The van der Waals surface area contributed by atoms with Crippen LogP contribution in [0.1, 0.15) is 19.7 Å². The second kappa shape index (κ2) is 5.54. The Bertz CT molecular complexity index is 717. The van der Waals surface area contributed by atoms with Gasteiger partial charge < -0.3 is 9.88 Å². The van der Waals surface area contributed by atoms with Crippen LogP contribution in [0.2, 0.25) is 0 Å². The molecule has 110 valence electrons. The molecule has 1 aromatic heterocycles. The van der Waals surface area contributed by atoms with E-state index in [-0.39, 0.29) is 0 Å². The molecule has 0 aliphatic heterocycles. The Kier molecular flexibility index (Phi) is 4.15. The van der Waals surface area contributed by atoms with Crippen LogP contribution in [0, 0.1) is 5.92 Å². The molecule has 0 atom stereocenters. The fraction of sp³-hybridized carbons (Fsp3) is 0.500. The molecule has 6 heteroatoms. The summed E-state index contributed by atoms with van der Waals surface area (Å²) in [5, 5.41) is 3.33. The van der Waals surface area contributed by atoms with Crippen molar-refractivity contribution in [2.45, 2.75) is 25.3 Å². The van der Waals surface area contributed by atoms with Crippen LogP contribution in [-0.2, 0) is 23.4 Å². The first-order chi connectivity index (χ1) is 9.30. The Morgan fingerprint density at radius 3 is 2.65 bits per heavy atom. The first-order valence-electron chi connectivity index (χ1n) is 6.65. The molecular weight excluding hydrogens is 274 g/mol. The molecule has 2 aromatic rings. The van der Waals surface area contributed by atoms with Crippen LogP contribution in [0.25, 0.3) is 11.0 Å². The fourth-order valence-electron chi connectivity index (χ4n) is 2.17. The van der Waals surface area contributed by atoms with Gasteiger partial charge in [-0.1, -0.05) is 19.9 Å². The van der Waals surface area contributed by atoms with E-state index in [1.165, 1.54) is 6.26 Å². The second-order valence-corrected chi connectivity index (χ2v) is 7.49. The number of imidazole rings is 1. The molecule has 0 saturated carbocycles. The number of fused-ring (bicyclic) bond motifs is 1. The van der Waals surface area contributed by atoms with Gasteiger partial charge in [0.05, 0.1) is 17.0 Å². The maximum atomic E-state index is 11.8. The van der Waals surface area contributed by atoms with Crippen molar-refractivity contribution >= 4 is 20.9 Å². The summed E-state index contributed by atoms with van der Waals surface area (Å²) in [6.45, 7) is 5.82. The summed E-state index contributed by atoms with van der Waals surface area (Å²) in [4.78, 5) is 4.79. The lowest BCUT2D eigenvalue weighted by Crippen LogP contribution is -2.20. The molecular formula is C14H21N3O2S. The highest BCUT2D eigenvalue weighted by Gasteiger charge is 2.16. The number of aryl methyl sites for hydroxylation is 1. The molecule has 0 unspecified atom stereocenters. The minimum Gasteiger partial charge on any atom is -0.330 e. The molecule has 5 nitrogen and oxygen atoms in total. The zero-order chi connectivity index (χ0) is 14.9. The van der Waals surface area contributed by atoms with Crippen LogP contribution < -0.4 is 5.32 Å². The Morgan fingerprint density at radius 2 is 2.05 bits per heavy atom. The van der Waals surface area contributed by atoms with Gasteiger partial charge in [0.2, 0.25) is 0 Å². The van der Waals surface area contributed by atoms with E-state index in [0.717, 1.165) is 17.9 Å². The molecule has 0 aliphatic rings. The summed E-state index contributed by atoms with van der Waals surface area (Å²) in [6.07, 6.45) is 1.22. The summed E-state index contributed by atoms with van der Waals surface area (Å²) in [7, 11) is -1.35. The normalized spacial score (nSPS) is 12.4. The van der Waals surface area contributed by atoms with Gasteiger partial charge in [0.1, 0.15) is 11.3 Å². The zero-order valence-electron chi connectivity index (χ0n) is 12.3. The molecule has 20 heavy (non-hydrogen) atoms. The number of rotatable bonds is 5. The molecule has 0 bridgehead atoms. The minimum atomic E-state index is -3.26. The van der Waals surface area contributed by atoms with Gasteiger partial charge in [-0.15, -0.1) is 0 Å². The van der Waals surface area contributed by atoms with Gasteiger partial charge >= 0.3 is 0 Å². The lowest BCUT2D eigenvalue weighted by atomic mass is 10.2. The first-order valence-corrected chi connectivity index (χ1v) is 8.55. The number of nitrogens with one attached hydrogen (secondary N) is 1. The predicted molar refractivity (Wildman–Crippen MR) is 80.4 cm³/mol. The molecule has 1 aromatic carbocycles. The van der Waals surface area contributed by atoms with E-state index >= 15 is 0 Å². The summed E-state index contributed by atoms with van der Waals surface area (Å²) in [6, 6.07) is 5.25. The molecule has 1 heterocycles. The quantitative estimate of drug-likeness (QED) is 0.912. The first kappa shape index (κ1) is 15.0. The number of hydrogen-bond donors (Lipinski definition) is 1. The standard InChI is InChI=1S/C14H21N3O2S/c1-10(2)8-15-9-13-16-14-11(17(13)3)6-5-7-12(14)20(4,18)19/h5-7,10,15H,8-9H2,1-4H3. The van der Waals surface area contributed by atoms with Crippen molar-refractivity contribution in [3.05, 3.63) is 24.0 Å². The van der Waals surface area contributed by atoms with Gasteiger partial charge in [0, 0.05) is 13.3 Å². The lowest BCUT2D eigenvalue weighted by Gasteiger charge is -2.07. The molecule has 0 radical (unpaired) electrons. The van der Waals surface area contributed by atoms with E-state index in [9.17, 15) is 8.42 Å². The van der Waals surface area contributed by atoms with Gasteiger partial charge in [-0.05, 0) is 24.6 Å². The average Bonchev–Trinajstić information content (AvgIpc) is 2.65. The predicted octanol–water partition coefficient (Wildman–Crippen LogP) is 1.72. The molecule has 0 saturated heterocycles. The Labute approximate surface area is 119 Å².